The molecule has 0 saturated carbocycles. The molecule has 1 N–H and O–H groups in total. The molecule has 4 heteroatoms. The Morgan fingerprint density at radius 2 is 2.31 bits per heavy atom. The van der Waals surface area contributed by atoms with E-state index in [0.29, 0.717) is 19.6 Å². The van der Waals surface area contributed by atoms with Gasteiger partial charge in [0.25, 0.3) is 0 Å². The van der Waals surface area contributed by atoms with Crippen molar-refractivity contribution >= 4 is 5.97 Å². The van der Waals surface area contributed by atoms with Gasteiger partial charge in [0.15, 0.2) is 5.60 Å². The van der Waals surface area contributed by atoms with Gasteiger partial charge in [-0.2, -0.15) is 0 Å². The van der Waals surface area contributed by atoms with Crippen molar-refractivity contribution in [3.05, 3.63) is 12.7 Å². The first-order chi connectivity index (χ1) is 7.40. The lowest BCUT2D eigenvalue weighted by atomic mass is 9.97. The number of nitrogens with one attached hydrogen (secondary N) is 1. The fourth-order valence-corrected chi connectivity index (χ4v) is 1.61. The van der Waals surface area contributed by atoms with Crippen LogP contribution in [0.5, 0.6) is 0 Å². The van der Waals surface area contributed by atoms with Crippen molar-refractivity contribution in [1.29, 1.82) is 0 Å². The monoisotopic (exact) mass is 227 g/mol. The van der Waals surface area contributed by atoms with Crippen LogP contribution in [0.25, 0.3) is 0 Å². The maximum absolute atomic E-state index is 12.1. The van der Waals surface area contributed by atoms with E-state index in [0.717, 1.165) is 6.54 Å². The van der Waals surface area contributed by atoms with Gasteiger partial charge in [-0.05, 0) is 20.8 Å². The van der Waals surface area contributed by atoms with Gasteiger partial charge < -0.3 is 14.8 Å². The number of ether oxygens (including phenoxy) is 2. The summed E-state index contributed by atoms with van der Waals surface area (Å²) in [5, 5.41) is 3.15. The van der Waals surface area contributed by atoms with Gasteiger partial charge in [-0.3, -0.25) is 0 Å². The quantitative estimate of drug-likeness (QED) is 0.582. The molecule has 0 aromatic heterocycles. The largest absolute Gasteiger partial charge is 0.458 e. The van der Waals surface area contributed by atoms with E-state index in [4.69, 9.17) is 9.47 Å². The van der Waals surface area contributed by atoms with Crippen LogP contribution >= 0.6 is 0 Å². The number of carbonyl (C=O) groups is 1. The highest BCUT2D eigenvalue weighted by Gasteiger charge is 2.43. The Kier molecular flexibility index (Phi) is 4.10. The van der Waals surface area contributed by atoms with Crippen molar-refractivity contribution in [2.45, 2.75) is 38.4 Å². The Bertz CT molecular complexity index is 262. The normalized spacial score (nSPS) is 26.2. The smallest absolute Gasteiger partial charge is 0.340 e. The lowest BCUT2D eigenvalue weighted by Crippen LogP contribution is -2.56. The van der Waals surface area contributed by atoms with Gasteiger partial charge >= 0.3 is 5.97 Å². The summed E-state index contributed by atoms with van der Waals surface area (Å²) in [4.78, 5) is 12.1. The summed E-state index contributed by atoms with van der Waals surface area (Å²) < 4.78 is 11.0. The molecule has 1 aliphatic rings. The van der Waals surface area contributed by atoms with Gasteiger partial charge in [0.1, 0.15) is 5.60 Å². The third kappa shape index (κ3) is 3.32. The summed E-state index contributed by atoms with van der Waals surface area (Å²) in [6, 6.07) is 0. The van der Waals surface area contributed by atoms with Crippen molar-refractivity contribution < 1.29 is 14.3 Å². The van der Waals surface area contributed by atoms with Crippen LogP contribution < -0.4 is 5.32 Å². The van der Waals surface area contributed by atoms with E-state index in [2.05, 4.69) is 11.9 Å². The Labute approximate surface area is 97.0 Å². The van der Waals surface area contributed by atoms with Crippen molar-refractivity contribution in [2.75, 3.05) is 19.7 Å². The fourth-order valence-electron chi connectivity index (χ4n) is 1.61. The standard InChI is InChI=1S/C12H21NO3/c1-5-6-12(9-13-7-8-15-12)10(14)16-11(2,3)4/h5,13H,1,6-9H2,2-4H3. The van der Waals surface area contributed by atoms with Crippen molar-refractivity contribution in [2.24, 2.45) is 0 Å². The molecule has 1 saturated heterocycles. The van der Waals surface area contributed by atoms with Gasteiger partial charge in [-0.1, -0.05) is 6.08 Å². The third-order valence-electron chi connectivity index (χ3n) is 2.31. The van der Waals surface area contributed by atoms with E-state index >= 15 is 0 Å². The van der Waals surface area contributed by atoms with Crippen LogP contribution in [0.2, 0.25) is 0 Å². The summed E-state index contributed by atoms with van der Waals surface area (Å²) in [6.07, 6.45) is 2.16. The summed E-state index contributed by atoms with van der Waals surface area (Å²) in [6.45, 7) is 11.0. The molecule has 0 bridgehead atoms. The average molecular weight is 227 g/mol. The molecule has 0 radical (unpaired) electrons. The van der Waals surface area contributed by atoms with Gasteiger partial charge in [0.2, 0.25) is 0 Å². The first-order valence-electron chi connectivity index (χ1n) is 5.59. The maximum atomic E-state index is 12.1. The van der Waals surface area contributed by atoms with E-state index in [1.165, 1.54) is 0 Å². The molecule has 0 amide bonds. The minimum Gasteiger partial charge on any atom is -0.458 e. The second-order valence-electron chi connectivity index (χ2n) is 5.01. The molecule has 0 aromatic rings. The Morgan fingerprint density at radius 3 is 2.75 bits per heavy atom. The number of rotatable bonds is 3. The molecule has 1 heterocycles. The first kappa shape index (κ1) is 13.2. The number of carbonyl (C=O) groups excluding carboxylic acids is 1. The molecule has 16 heavy (non-hydrogen) atoms. The second kappa shape index (κ2) is 4.97. The van der Waals surface area contributed by atoms with Crippen LogP contribution in [0.3, 0.4) is 0 Å². The molecule has 0 aliphatic carbocycles. The molecule has 4 nitrogen and oxygen atoms in total. The molecule has 92 valence electrons. The maximum Gasteiger partial charge on any atom is 0.340 e. The molecular weight excluding hydrogens is 206 g/mol. The molecule has 1 atom stereocenters. The van der Waals surface area contributed by atoms with Crippen LogP contribution in [0.1, 0.15) is 27.2 Å². The zero-order valence-corrected chi connectivity index (χ0v) is 10.3. The van der Waals surface area contributed by atoms with Crippen LogP contribution in [-0.4, -0.2) is 36.9 Å². The lowest BCUT2D eigenvalue weighted by Gasteiger charge is -2.36. The molecule has 1 fully saturated rings. The topological polar surface area (TPSA) is 47.6 Å². The van der Waals surface area contributed by atoms with E-state index in [-0.39, 0.29) is 5.97 Å². The molecular formula is C12H21NO3. The highest BCUT2D eigenvalue weighted by atomic mass is 16.6. The molecule has 1 unspecified atom stereocenters. The van der Waals surface area contributed by atoms with Crippen LogP contribution in [-0.2, 0) is 14.3 Å². The lowest BCUT2D eigenvalue weighted by molar-refractivity contribution is -0.186. The number of hydrogen-bond donors (Lipinski definition) is 1. The number of hydrogen-bond acceptors (Lipinski definition) is 4. The van der Waals surface area contributed by atoms with Crippen LogP contribution in [0.15, 0.2) is 12.7 Å². The highest BCUT2D eigenvalue weighted by molar-refractivity contribution is 5.80. The van der Waals surface area contributed by atoms with Crippen LogP contribution in [0.4, 0.5) is 0 Å². The minimum atomic E-state index is -0.896. The Morgan fingerprint density at radius 1 is 1.62 bits per heavy atom. The van der Waals surface area contributed by atoms with Gasteiger partial charge in [0.05, 0.1) is 6.61 Å². The van der Waals surface area contributed by atoms with Crippen molar-refractivity contribution in [3.8, 4) is 0 Å². The van der Waals surface area contributed by atoms with Crippen molar-refractivity contribution in [1.82, 2.24) is 5.32 Å². The molecule has 0 aromatic carbocycles. The average Bonchev–Trinajstić information content (AvgIpc) is 2.17. The zero-order chi connectivity index (χ0) is 12.2. The third-order valence-corrected chi connectivity index (χ3v) is 2.31. The van der Waals surface area contributed by atoms with E-state index in [1.807, 2.05) is 20.8 Å². The van der Waals surface area contributed by atoms with Gasteiger partial charge in [-0.15, -0.1) is 6.58 Å². The Hall–Kier alpha value is -0.870. The van der Waals surface area contributed by atoms with Gasteiger partial charge in [0, 0.05) is 19.5 Å². The SMILES string of the molecule is C=CCC1(C(=O)OC(C)(C)C)CNCCO1. The summed E-state index contributed by atoms with van der Waals surface area (Å²) in [5.41, 5.74) is -1.39. The molecule has 1 rings (SSSR count). The minimum absolute atomic E-state index is 0.313. The summed E-state index contributed by atoms with van der Waals surface area (Å²) in [5.74, 6) is -0.313. The van der Waals surface area contributed by atoms with E-state index < -0.39 is 11.2 Å². The van der Waals surface area contributed by atoms with Gasteiger partial charge in [-0.25, -0.2) is 4.79 Å². The number of esters is 1. The number of morpholine rings is 1. The molecule has 0 spiro atoms. The summed E-state index contributed by atoms with van der Waals surface area (Å²) in [7, 11) is 0. The predicted molar refractivity (Wildman–Crippen MR) is 62.2 cm³/mol. The highest BCUT2D eigenvalue weighted by Crippen LogP contribution is 2.23. The molecule has 1 aliphatic heterocycles. The Balaban J connectivity index is 2.75. The second-order valence-corrected chi connectivity index (χ2v) is 5.01. The van der Waals surface area contributed by atoms with Crippen LogP contribution in [0, 0.1) is 0 Å². The van der Waals surface area contributed by atoms with E-state index in [1.54, 1.807) is 6.08 Å². The van der Waals surface area contributed by atoms with E-state index in [9.17, 15) is 4.79 Å². The van der Waals surface area contributed by atoms with Crippen molar-refractivity contribution in [3.63, 3.8) is 0 Å². The zero-order valence-electron chi connectivity index (χ0n) is 10.3. The first-order valence-corrected chi connectivity index (χ1v) is 5.59. The fraction of sp³-hybridized carbons (Fsp3) is 0.750. The predicted octanol–water partition coefficient (Wildman–Crippen LogP) is 1.26. The summed E-state index contributed by atoms with van der Waals surface area (Å²) >= 11 is 0.